The Kier molecular flexibility index (Phi) is 12.1. The van der Waals surface area contributed by atoms with Crippen molar-refractivity contribution in [1.29, 1.82) is 0 Å². The Morgan fingerprint density at radius 3 is 1.95 bits per heavy atom. The molecule has 21 heavy (non-hydrogen) atoms. The number of nitrogens with zero attached hydrogens (tertiary/aromatic N) is 2. The molecule has 118 valence electrons. The molecule has 3 nitrogen and oxygen atoms in total. The van der Waals surface area contributed by atoms with Gasteiger partial charge in [0.05, 0.1) is 6.61 Å². The van der Waals surface area contributed by atoms with Crippen molar-refractivity contribution in [2.24, 2.45) is 0 Å². The average Bonchev–Trinajstić information content (AvgIpc) is 2.47. The number of hydrogen-bond donors (Lipinski definition) is 0. The van der Waals surface area contributed by atoms with Gasteiger partial charge in [-0.3, -0.25) is 0 Å². The third-order valence-electron chi connectivity index (χ3n) is 2.92. The molecule has 0 N–H and O–H groups in total. The number of rotatable bonds is 12. The van der Waals surface area contributed by atoms with Gasteiger partial charge in [0.25, 0.3) is 0 Å². The standard InChI is InChI=1S/C18H31N2O/c1-6-11-12-17-21-18(19(13-7-2)14-8-3)20(15-9-4)16-10-5/h7-10H,2-6,11-17H2,1H3/q+1. The summed E-state index contributed by atoms with van der Waals surface area (Å²) in [5, 5.41) is 0. The second-order valence-electron chi connectivity index (χ2n) is 4.80. The zero-order chi connectivity index (χ0) is 15.9. The quantitative estimate of drug-likeness (QED) is 0.179. The largest absolute Gasteiger partial charge is 0.447 e. The third kappa shape index (κ3) is 8.18. The van der Waals surface area contributed by atoms with E-state index in [4.69, 9.17) is 4.74 Å². The molecule has 3 heteroatoms. The first-order valence-electron chi connectivity index (χ1n) is 7.68. The van der Waals surface area contributed by atoms with Crippen molar-refractivity contribution in [2.45, 2.75) is 26.2 Å². The topological polar surface area (TPSA) is 15.5 Å². The summed E-state index contributed by atoms with van der Waals surface area (Å²) in [5.74, 6) is 0. The van der Waals surface area contributed by atoms with Gasteiger partial charge in [-0.1, -0.05) is 70.4 Å². The monoisotopic (exact) mass is 291 g/mol. The highest BCUT2D eigenvalue weighted by Gasteiger charge is 2.22. The van der Waals surface area contributed by atoms with Crippen molar-refractivity contribution >= 4 is 6.02 Å². The van der Waals surface area contributed by atoms with Crippen LogP contribution in [-0.4, -0.2) is 48.3 Å². The zero-order valence-electron chi connectivity index (χ0n) is 13.6. The van der Waals surface area contributed by atoms with Crippen LogP contribution in [0, 0.1) is 0 Å². The fourth-order valence-corrected chi connectivity index (χ4v) is 1.98. The van der Waals surface area contributed by atoms with Crippen LogP contribution in [0.3, 0.4) is 0 Å². The van der Waals surface area contributed by atoms with Crippen molar-refractivity contribution in [1.82, 2.24) is 4.90 Å². The molecule has 0 amide bonds. The minimum atomic E-state index is 0.721. The van der Waals surface area contributed by atoms with Crippen LogP contribution in [0.25, 0.3) is 0 Å². The molecule has 0 unspecified atom stereocenters. The van der Waals surface area contributed by atoms with Gasteiger partial charge in [0.2, 0.25) is 0 Å². The third-order valence-corrected chi connectivity index (χ3v) is 2.92. The van der Waals surface area contributed by atoms with E-state index in [0.717, 1.165) is 45.2 Å². The van der Waals surface area contributed by atoms with Crippen LogP contribution in [-0.2, 0) is 4.74 Å². The maximum atomic E-state index is 6.06. The maximum absolute atomic E-state index is 6.06. The van der Waals surface area contributed by atoms with Gasteiger partial charge in [-0.05, 0) is 6.42 Å². The molecule has 0 aliphatic heterocycles. The molecule has 0 spiro atoms. The lowest BCUT2D eigenvalue weighted by Gasteiger charge is -2.19. The van der Waals surface area contributed by atoms with Crippen LogP contribution in [0.2, 0.25) is 0 Å². The number of hydrogen-bond acceptors (Lipinski definition) is 1. The van der Waals surface area contributed by atoms with Crippen molar-refractivity contribution in [3.63, 3.8) is 0 Å². The van der Waals surface area contributed by atoms with Crippen molar-refractivity contribution in [3.8, 4) is 0 Å². The van der Waals surface area contributed by atoms with Gasteiger partial charge in [-0.15, -0.1) is 0 Å². The molecule has 0 saturated heterocycles. The second-order valence-corrected chi connectivity index (χ2v) is 4.80. The Morgan fingerprint density at radius 2 is 1.52 bits per heavy atom. The summed E-state index contributed by atoms with van der Waals surface area (Å²) in [6.07, 6.45) is 10.9. The van der Waals surface area contributed by atoms with Crippen LogP contribution in [0.5, 0.6) is 0 Å². The lowest BCUT2D eigenvalue weighted by atomic mass is 10.3. The Bertz CT molecular complexity index is 336. The molecule has 0 radical (unpaired) electrons. The second kappa shape index (κ2) is 13.2. The predicted octanol–water partition coefficient (Wildman–Crippen LogP) is 3.61. The molecule has 0 rings (SSSR count). The van der Waals surface area contributed by atoms with Gasteiger partial charge in [0.1, 0.15) is 26.2 Å². The summed E-state index contributed by atoms with van der Waals surface area (Å²) in [7, 11) is 0. The minimum absolute atomic E-state index is 0.721. The fourth-order valence-electron chi connectivity index (χ4n) is 1.98. The van der Waals surface area contributed by atoms with E-state index in [1.165, 1.54) is 12.8 Å². The Balaban J connectivity index is 5.19. The molecule has 0 saturated carbocycles. The molecule has 0 fully saturated rings. The summed E-state index contributed by atoms with van der Waals surface area (Å²) in [6, 6.07) is 0.853. The maximum Gasteiger partial charge on any atom is 0.447 e. The van der Waals surface area contributed by atoms with E-state index in [9.17, 15) is 0 Å². The van der Waals surface area contributed by atoms with Gasteiger partial charge in [0, 0.05) is 0 Å². The van der Waals surface area contributed by atoms with Crippen LogP contribution in [0.15, 0.2) is 50.6 Å². The Morgan fingerprint density at radius 1 is 0.952 bits per heavy atom. The van der Waals surface area contributed by atoms with Crippen LogP contribution < -0.4 is 0 Å². The summed E-state index contributed by atoms with van der Waals surface area (Å²) >= 11 is 0. The molecule has 0 aliphatic carbocycles. The van der Waals surface area contributed by atoms with Crippen molar-refractivity contribution in [2.75, 3.05) is 32.8 Å². The molecular formula is C18H31N2O+. The van der Waals surface area contributed by atoms with E-state index in [1.54, 1.807) is 0 Å². The number of unbranched alkanes of at least 4 members (excludes halogenated alkanes) is 2. The lowest BCUT2D eigenvalue weighted by Crippen LogP contribution is -2.41. The van der Waals surface area contributed by atoms with E-state index < -0.39 is 0 Å². The van der Waals surface area contributed by atoms with E-state index in [0.29, 0.717) is 0 Å². The predicted molar refractivity (Wildman–Crippen MR) is 92.8 cm³/mol. The molecule has 0 aromatic heterocycles. The van der Waals surface area contributed by atoms with Crippen molar-refractivity contribution in [3.05, 3.63) is 50.6 Å². The number of ether oxygens (including phenoxy) is 1. The van der Waals surface area contributed by atoms with E-state index >= 15 is 0 Å². The highest BCUT2D eigenvalue weighted by molar-refractivity contribution is 5.69. The highest BCUT2D eigenvalue weighted by Crippen LogP contribution is 2.01. The Labute approximate surface area is 130 Å². The summed E-state index contributed by atoms with van der Waals surface area (Å²) < 4.78 is 8.18. The fraction of sp³-hybridized carbons (Fsp3) is 0.500. The van der Waals surface area contributed by atoms with E-state index in [2.05, 4.69) is 42.7 Å². The van der Waals surface area contributed by atoms with Gasteiger partial charge < -0.3 is 4.74 Å². The zero-order valence-corrected chi connectivity index (χ0v) is 13.6. The normalized spacial score (nSPS) is 9.57. The highest BCUT2D eigenvalue weighted by atomic mass is 16.5. The average molecular weight is 291 g/mol. The van der Waals surface area contributed by atoms with Crippen LogP contribution >= 0.6 is 0 Å². The van der Waals surface area contributed by atoms with E-state index in [-0.39, 0.29) is 0 Å². The molecule has 0 atom stereocenters. The Hall–Kier alpha value is -1.77. The lowest BCUT2D eigenvalue weighted by molar-refractivity contribution is -0.522. The molecule has 0 aromatic rings. The summed E-state index contributed by atoms with van der Waals surface area (Å²) in [4.78, 5) is 2.12. The molecular weight excluding hydrogens is 260 g/mol. The van der Waals surface area contributed by atoms with Gasteiger partial charge in [-0.2, -0.15) is 0 Å². The van der Waals surface area contributed by atoms with Gasteiger partial charge in [0.15, 0.2) is 0 Å². The minimum Gasteiger partial charge on any atom is -0.432 e. The van der Waals surface area contributed by atoms with Crippen LogP contribution in [0.4, 0.5) is 0 Å². The SMILES string of the molecule is C=CCN(CC=C)C(OCCCCC)=[N+](CC=C)CC=C. The summed E-state index contributed by atoms with van der Waals surface area (Å²) in [6.45, 7) is 21.1. The van der Waals surface area contributed by atoms with Gasteiger partial charge >= 0.3 is 6.02 Å². The first-order valence-corrected chi connectivity index (χ1v) is 7.68. The molecule has 0 aromatic carbocycles. The van der Waals surface area contributed by atoms with E-state index in [1.807, 2.05) is 24.3 Å². The van der Waals surface area contributed by atoms with Crippen LogP contribution in [0.1, 0.15) is 26.2 Å². The van der Waals surface area contributed by atoms with Gasteiger partial charge in [-0.25, -0.2) is 9.48 Å². The molecule has 0 aliphatic rings. The molecule has 0 heterocycles. The summed E-state index contributed by atoms with van der Waals surface area (Å²) in [5.41, 5.74) is 0. The molecule has 0 bridgehead atoms. The number of amidine groups is 1. The van der Waals surface area contributed by atoms with Crippen molar-refractivity contribution < 1.29 is 9.31 Å². The smallest absolute Gasteiger partial charge is 0.432 e. The first-order chi connectivity index (χ1) is 10.2. The first kappa shape index (κ1) is 19.2.